The highest BCUT2D eigenvalue weighted by molar-refractivity contribution is 7.99. The number of aromatic nitrogens is 1. The number of thioether (sulfide) groups is 1. The predicted molar refractivity (Wildman–Crippen MR) is 98.0 cm³/mol. The molecular formula is C18H18N2OS2. The van der Waals surface area contributed by atoms with E-state index in [1.807, 2.05) is 36.7 Å². The number of pyridine rings is 1. The van der Waals surface area contributed by atoms with Crippen molar-refractivity contribution in [3.05, 3.63) is 58.3 Å². The van der Waals surface area contributed by atoms with Gasteiger partial charge in [-0.05, 0) is 36.1 Å². The third-order valence-corrected chi connectivity index (χ3v) is 5.40. The highest BCUT2D eigenvalue weighted by Crippen LogP contribution is 2.24. The standard InChI is InChI=1S/C18H18N2OS2/c1-13-10-17(19-16-8-4-3-7-15(13)16)23-12-18(21)20(2)11-14-6-5-9-22-14/h3-10H,11-12H2,1-2H3. The van der Waals surface area contributed by atoms with Crippen molar-refractivity contribution in [1.29, 1.82) is 0 Å². The highest BCUT2D eigenvalue weighted by Gasteiger charge is 2.11. The zero-order chi connectivity index (χ0) is 16.2. The molecule has 0 spiro atoms. The summed E-state index contributed by atoms with van der Waals surface area (Å²) < 4.78 is 0. The molecule has 1 amide bonds. The van der Waals surface area contributed by atoms with Gasteiger partial charge in [-0.15, -0.1) is 11.3 Å². The summed E-state index contributed by atoms with van der Waals surface area (Å²) in [7, 11) is 1.85. The lowest BCUT2D eigenvalue weighted by Crippen LogP contribution is -2.27. The quantitative estimate of drug-likeness (QED) is 0.646. The molecule has 23 heavy (non-hydrogen) atoms. The lowest BCUT2D eigenvalue weighted by Gasteiger charge is -2.16. The first-order chi connectivity index (χ1) is 11.1. The Labute approximate surface area is 144 Å². The molecule has 0 fully saturated rings. The van der Waals surface area contributed by atoms with Crippen molar-refractivity contribution < 1.29 is 4.79 Å². The third-order valence-electron chi connectivity index (χ3n) is 3.64. The van der Waals surface area contributed by atoms with E-state index in [0.29, 0.717) is 12.3 Å². The number of fused-ring (bicyclic) bond motifs is 1. The zero-order valence-corrected chi connectivity index (χ0v) is 14.8. The molecule has 118 valence electrons. The molecule has 0 bridgehead atoms. The number of para-hydroxylation sites is 1. The van der Waals surface area contributed by atoms with Gasteiger partial charge in [0.2, 0.25) is 5.91 Å². The molecule has 2 aromatic heterocycles. The summed E-state index contributed by atoms with van der Waals surface area (Å²) in [5.74, 6) is 0.531. The summed E-state index contributed by atoms with van der Waals surface area (Å²) in [6.07, 6.45) is 0. The Kier molecular flexibility index (Phi) is 4.98. The Morgan fingerprint density at radius 2 is 2.09 bits per heavy atom. The smallest absolute Gasteiger partial charge is 0.233 e. The van der Waals surface area contributed by atoms with Crippen LogP contribution < -0.4 is 0 Å². The molecule has 0 atom stereocenters. The summed E-state index contributed by atoms with van der Waals surface area (Å²) in [5.41, 5.74) is 2.17. The molecule has 0 aliphatic carbocycles. The topological polar surface area (TPSA) is 33.2 Å². The lowest BCUT2D eigenvalue weighted by molar-refractivity contribution is -0.127. The van der Waals surface area contributed by atoms with Crippen molar-refractivity contribution in [1.82, 2.24) is 9.88 Å². The first kappa shape index (κ1) is 16.0. The number of carbonyl (C=O) groups excluding carboxylic acids is 1. The molecule has 3 rings (SSSR count). The van der Waals surface area contributed by atoms with E-state index in [2.05, 4.69) is 30.1 Å². The number of hydrogen-bond donors (Lipinski definition) is 0. The van der Waals surface area contributed by atoms with E-state index in [-0.39, 0.29) is 5.91 Å². The fourth-order valence-corrected chi connectivity index (χ4v) is 4.03. The van der Waals surface area contributed by atoms with E-state index in [4.69, 9.17) is 0 Å². The van der Waals surface area contributed by atoms with Gasteiger partial charge in [0, 0.05) is 17.3 Å². The highest BCUT2D eigenvalue weighted by atomic mass is 32.2. The van der Waals surface area contributed by atoms with Crippen molar-refractivity contribution in [2.24, 2.45) is 0 Å². The molecule has 2 heterocycles. The number of carbonyl (C=O) groups is 1. The molecular weight excluding hydrogens is 324 g/mol. The summed E-state index contributed by atoms with van der Waals surface area (Å²) in [4.78, 5) is 19.9. The fourth-order valence-electron chi connectivity index (χ4n) is 2.36. The maximum Gasteiger partial charge on any atom is 0.233 e. The zero-order valence-electron chi connectivity index (χ0n) is 13.2. The second-order valence-corrected chi connectivity index (χ2v) is 7.44. The van der Waals surface area contributed by atoms with Gasteiger partial charge in [-0.25, -0.2) is 4.98 Å². The van der Waals surface area contributed by atoms with Crippen molar-refractivity contribution in [2.75, 3.05) is 12.8 Å². The van der Waals surface area contributed by atoms with Crippen LogP contribution in [0, 0.1) is 6.92 Å². The molecule has 0 N–H and O–H groups in total. The summed E-state index contributed by atoms with van der Waals surface area (Å²) >= 11 is 3.17. The Bertz CT molecular complexity index is 815. The van der Waals surface area contributed by atoms with Crippen LogP contribution in [0.5, 0.6) is 0 Å². The van der Waals surface area contributed by atoms with Gasteiger partial charge in [-0.1, -0.05) is 36.0 Å². The van der Waals surface area contributed by atoms with E-state index in [0.717, 1.165) is 15.9 Å². The van der Waals surface area contributed by atoms with E-state index >= 15 is 0 Å². The molecule has 0 saturated heterocycles. The lowest BCUT2D eigenvalue weighted by atomic mass is 10.1. The Morgan fingerprint density at radius 1 is 1.26 bits per heavy atom. The minimum atomic E-state index is 0.121. The van der Waals surface area contributed by atoms with Crippen LogP contribution in [0.3, 0.4) is 0 Å². The minimum absolute atomic E-state index is 0.121. The molecule has 0 aliphatic heterocycles. The number of aryl methyl sites for hydroxylation is 1. The second-order valence-electron chi connectivity index (χ2n) is 5.41. The molecule has 1 aromatic carbocycles. The Morgan fingerprint density at radius 3 is 2.87 bits per heavy atom. The summed E-state index contributed by atoms with van der Waals surface area (Å²) in [5, 5.41) is 4.10. The number of benzene rings is 1. The Hall–Kier alpha value is -1.85. The van der Waals surface area contributed by atoms with E-state index < -0.39 is 0 Å². The fraction of sp³-hybridized carbons (Fsp3) is 0.222. The van der Waals surface area contributed by atoms with Gasteiger partial charge in [0.15, 0.2) is 0 Å². The number of hydrogen-bond acceptors (Lipinski definition) is 4. The van der Waals surface area contributed by atoms with Crippen LogP contribution in [0.2, 0.25) is 0 Å². The largest absolute Gasteiger partial charge is 0.340 e. The first-order valence-corrected chi connectivity index (χ1v) is 9.25. The van der Waals surface area contributed by atoms with Gasteiger partial charge in [0.05, 0.1) is 22.8 Å². The van der Waals surface area contributed by atoms with Gasteiger partial charge in [0.1, 0.15) is 0 Å². The van der Waals surface area contributed by atoms with Crippen molar-refractivity contribution in [3.63, 3.8) is 0 Å². The first-order valence-electron chi connectivity index (χ1n) is 7.39. The summed E-state index contributed by atoms with van der Waals surface area (Å²) in [6, 6.07) is 14.2. The number of amides is 1. The maximum absolute atomic E-state index is 12.3. The molecule has 3 nitrogen and oxygen atoms in total. The number of thiophene rings is 1. The molecule has 0 radical (unpaired) electrons. The van der Waals surface area contributed by atoms with E-state index in [9.17, 15) is 4.79 Å². The van der Waals surface area contributed by atoms with Crippen molar-refractivity contribution in [3.8, 4) is 0 Å². The molecule has 0 saturated carbocycles. The van der Waals surface area contributed by atoms with Crippen LogP contribution in [0.25, 0.3) is 10.9 Å². The van der Waals surface area contributed by atoms with Gasteiger partial charge in [-0.3, -0.25) is 4.79 Å². The molecule has 0 unspecified atom stereocenters. The number of nitrogens with zero attached hydrogens (tertiary/aromatic N) is 2. The van der Waals surface area contributed by atoms with Crippen LogP contribution in [0.15, 0.2) is 52.9 Å². The van der Waals surface area contributed by atoms with Crippen LogP contribution in [-0.2, 0) is 11.3 Å². The van der Waals surface area contributed by atoms with E-state index in [1.165, 1.54) is 22.2 Å². The van der Waals surface area contributed by atoms with Crippen LogP contribution in [0.1, 0.15) is 10.4 Å². The van der Waals surface area contributed by atoms with Crippen LogP contribution >= 0.6 is 23.1 Å². The summed E-state index contributed by atoms with van der Waals surface area (Å²) in [6.45, 7) is 2.75. The van der Waals surface area contributed by atoms with Gasteiger partial charge in [0.25, 0.3) is 0 Å². The van der Waals surface area contributed by atoms with Crippen LogP contribution in [0.4, 0.5) is 0 Å². The van der Waals surface area contributed by atoms with Crippen molar-refractivity contribution >= 4 is 39.9 Å². The normalized spacial score (nSPS) is 10.9. The van der Waals surface area contributed by atoms with Gasteiger partial charge in [-0.2, -0.15) is 0 Å². The average molecular weight is 342 g/mol. The monoisotopic (exact) mass is 342 g/mol. The minimum Gasteiger partial charge on any atom is -0.340 e. The molecule has 5 heteroatoms. The van der Waals surface area contributed by atoms with Crippen LogP contribution in [-0.4, -0.2) is 28.6 Å². The predicted octanol–water partition coefficient (Wildman–Crippen LogP) is 4.36. The molecule has 3 aromatic rings. The Balaban J connectivity index is 1.64. The maximum atomic E-state index is 12.3. The van der Waals surface area contributed by atoms with Gasteiger partial charge < -0.3 is 4.90 Å². The average Bonchev–Trinajstić information content (AvgIpc) is 3.05. The third kappa shape index (κ3) is 3.92. The second kappa shape index (κ2) is 7.15. The van der Waals surface area contributed by atoms with E-state index in [1.54, 1.807) is 16.2 Å². The van der Waals surface area contributed by atoms with Crippen molar-refractivity contribution in [2.45, 2.75) is 18.5 Å². The number of rotatable bonds is 5. The SMILES string of the molecule is Cc1cc(SCC(=O)N(C)Cc2cccs2)nc2ccccc12. The molecule has 0 aliphatic rings. The van der Waals surface area contributed by atoms with Gasteiger partial charge >= 0.3 is 0 Å².